The van der Waals surface area contributed by atoms with Gasteiger partial charge in [-0.25, -0.2) is 4.79 Å². The summed E-state index contributed by atoms with van der Waals surface area (Å²) in [7, 11) is 2.91. The van der Waals surface area contributed by atoms with Crippen molar-refractivity contribution in [2.75, 3.05) is 26.1 Å². The first-order valence-electron chi connectivity index (χ1n) is 7.87. The molecule has 0 aliphatic rings. The molecule has 1 unspecified atom stereocenters. The third-order valence-electron chi connectivity index (χ3n) is 3.73. The van der Waals surface area contributed by atoms with Crippen LogP contribution in [0.5, 0.6) is 11.5 Å². The number of para-hydroxylation sites is 1. The molecular formula is C18H19F3N2O4. The van der Waals surface area contributed by atoms with Gasteiger partial charge in [0.2, 0.25) is 0 Å². The molecule has 2 aromatic rings. The Morgan fingerprint density at radius 3 is 2.41 bits per heavy atom. The van der Waals surface area contributed by atoms with Gasteiger partial charge in [-0.2, -0.15) is 13.2 Å². The molecule has 3 N–H and O–H groups in total. The summed E-state index contributed by atoms with van der Waals surface area (Å²) in [5.74, 6) is 0.875. The summed E-state index contributed by atoms with van der Waals surface area (Å²) in [4.78, 5) is 11.9. The molecule has 0 spiro atoms. The van der Waals surface area contributed by atoms with Crippen molar-refractivity contribution in [3.8, 4) is 11.5 Å². The second-order valence-corrected chi connectivity index (χ2v) is 5.51. The van der Waals surface area contributed by atoms with Crippen LogP contribution in [0.15, 0.2) is 42.5 Å². The largest absolute Gasteiger partial charge is 0.493 e. The lowest BCUT2D eigenvalue weighted by atomic mass is 10.1. The number of hydrogen-bond donors (Lipinski definition) is 3. The van der Waals surface area contributed by atoms with Crippen molar-refractivity contribution in [1.82, 2.24) is 5.32 Å². The Bertz CT molecular complexity index is 796. The molecule has 2 aromatic carbocycles. The number of alkyl halides is 3. The maximum absolute atomic E-state index is 12.9. The van der Waals surface area contributed by atoms with Gasteiger partial charge < -0.3 is 25.2 Å². The predicted octanol–water partition coefficient (Wildman–Crippen LogP) is 3.58. The fraction of sp³-hybridized carbons (Fsp3) is 0.278. The molecule has 0 aromatic heterocycles. The number of benzene rings is 2. The number of rotatable bonds is 6. The van der Waals surface area contributed by atoms with Crippen molar-refractivity contribution in [2.45, 2.75) is 12.3 Å². The van der Waals surface area contributed by atoms with E-state index in [1.807, 2.05) is 0 Å². The summed E-state index contributed by atoms with van der Waals surface area (Å²) >= 11 is 0. The van der Waals surface area contributed by atoms with E-state index in [-0.39, 0.29) is 12.2 Å². The van der Waals surface area contributed by atoms with E-state index < -0.39 is 23.9 Å². The van der Waals surface area contributed by atoms with Crippen molar-refractivity contribution in [1.29, 1.82) is 0 Å². The number of urea groups is 1. The molecule has 0 saturated carbocycles. The van der Waals surface area contributed by atoms with Gasteiger partial charge >= 0.3 is 12.2 Å². The highest BCUT2D eigenvalue weighted by molar-refractivity contribution is 5.90. The molecule has 2 rings (SSSR count). The minimum absolute atomic E-state index is 0.213. The average molecular weight is 384 g/mol. The van der Waals surface area contributed by atoms with E-state index in [9.17, 15) is 23.1 Å². The topological polar surface area (TPSA) is 79.8 Å². The van der Waals surface area contributed by atoms with Gasteiger partial charge in [0.25, 0.3) is 0 Å². The number of halogens is 3. The molecule has 0 fully saturated rings. The normalized spacial score (nSPS) is 12.2. The highest BCUT2D eigenvalue weighted by Crippen LogP contribution is 2.34. The van der Waals surface area contributed by atoms with Crippen LogP contribution in [0.4, 0.5) is 23.7 Å². The number of carbonyl (C=O) groups is 1. The van der Waals surface area contributed by atoms with E-state index in [2.05, 4.69) is 10.6 Å². The van der Waals surface area contributed by atoms with Crippen molar-refractivity contribution >= 4 is 11.7 Å². The predicted molar refractivity (Wildman–Crippen MR) is 93.0 cm³/mol. The van der Waals surface area contributed by atoms with E-state index in [0.29, 0.717) is 17.1 Å². The number of aliphatic hydroxyl groups is 1. The van der Waals surface area contributed by atoms with Gasteiger partial charge in [-0.1, -0.05) is 18.2 Å². The monoisotopic (exact) mass is 384 g/mol. The van der Waals surface area contributed by atoms with E-state index in [0.717, 1.165) is 12.1 Å². The Hall–Kier alpha value is -2.94. The van der Waals surface area contributed by atoms with Crippen LogP contribution >= 0.6 is 0 Å². The summed E-state index contributed by atoms with van der Waals surface area (Å²) in [6, 6.07) is 8.48. The van der Waals surface area contributed by atoms with Gasteiger partial charge in [0.1, 0.15) is 0 Å². The van der Waals surface area contributed by atoms with Crippen LogP contribution in [-0.4, -0.2) is 31.9 Å². The van der Waals surface area contributed by atoms with Gasteiger partial charge in [-0.15, -0.1) is 0 Å². The fourth-order valence-electron chi connectivity index (χ4n) is 2.37. The Morgan fingerprint density at radius 1 is 1.11 bits per heavy atom. The Labute approximate surface area is 153 Å². The molecular weight excluding hydrogens is 365 g/mol. The molecule has 0 bridgehead atoms. The van der Waals surface area contributed by atoms with Crippen LogP contribution in [0.1, 0.15) is 17.2 Å². The van der Waals surface area contributed by atoms with E-state index in [1.54, 1.807) is 18.2 Å². The zero-order valence-electron chi connectivity index (χ0n) is 14.6. The lowest BCUT2D eigenvalue weighted by molar-refractivity contribution is -0.136. The zero-order valence-corrected chi connectivity index (χ0v) is 14.6. The fourth-order valence-corrected chi connectivity index (χ4v) is 2.37. The molecule has 9 heteroatoms. The zero-order chi connectivity index (χ0) is 20.0. The smallest absolute Gasteiger partial charge is 0.418 e. The van der Waals surface area contributed by atoms with Crippen molar-refractivity contribution < 1.29 is 32.5 Å². The summed E-state index contributed by atoms with van der Waals surface area (Å²) in [6.45, 7) is -0.213. The van der Waals surface area contributed by atoms with Gasteiger partial charge in [0, 0.05) is 6.54 Å². The molecule has 1 atom stereocenters. The number of anilines is 1. The maximum atomic E-state index is 12.9. The lowest BCUT2D eigenvalue weighted by Crippen LogP contribution is -2.33. The SMILES string of the molecule is COc1ccc(C(O)CNC(=O)Nc2ccccc2C(F)(F)F)cc1OC. The second kappa shape index (κ2) is 8.63. The third kappa shape index (κ3) is 5.27. The van der Waals surface area contributed by atoms with Crippen molar-refractivity contribution in [3.05, 3.63) is 53.6 Å². The standard InChI is InChI=1S/C18H19F3N2O4/c1-26-15-8-7-11(9-16(15)27-2)14(24)10-22-17(25)23-13-6-4-3-5-12(13)18(19,20)21/h3-9,14,24H,10H2,1-2H3,(H2,22,23,25). The molecule has 0 aliphatic heterocycles. The van der Waals surface area contributed by atoms with Gasteiger partial charge in [-0.05, 0) is 29.8 Å². The molecule has 0 radical (unpaired) electrons. The first-order valence-corrected chi connectivity index (χ1v) is 7.87. The Kier molecular flexibility index (Phi) is 6.51. The highest BCUT2D eigenvalue weighted by atomic mass is 19.4. The number of carbonyl (C=O) groups excluding carboxylic acids is 1. The van der Waals surface area contributed by atoms with Crippen molar-refractivity contribution in [2.24, 2.45) is 0 Å². The number of amides is 2. The van der Waals surface area contributed by atoms with Crippen LogP contribution in [0, 0.1) is 0 Å². The van der Waals surface area contributed by atoms with Gasteiger partial charge in [0.05, 0.1) is 31.6 Å². The van der Waals surface area contributed by atoms with E-state index in [1.165, 1.54) is 26.4 Å². The molecule has 0 heterocycles. The Morgan fingerprint density at radius 2 is 1.78 bits per heavy atom. The molecule has 6 nitrogen and oxygen atoms in total. The first kappa shape index (κ1) is 20.4. The highest BCUT2D eigenvalue weighted by Gasteiger charge is 2.33. The molecule has 0 aliphatic carbocycles. The minimum atomic E-state index is -4.59. The van der Waals surface area contributed by atoms with Crippen LogP contribution < -0.4 is 20.1 Å². The summed E-state index contributed by atoms with van der Waals surface area (Å²) < 4.78 is 49.0. The van der Waals surface area contributed by atoms with Crippen LogP contribution in [0.3, 0.4) is 0 Å². The number of hydrogen-bond acceptors (Lipinski definition) is 4. The van der Waals surface area contributed by atoms with E-state index in [4.69, 9.17) is 9.47 Å². The number of methoxy groups -OCH3 is 2. The van der Waals surface area contributed by atoms with Gasteiger partial charge in [-0.3, -0.25) is 0 Å². The number of nitrogens with one attached hydrogen (secondary N) is 2. The molecule has 27 heavy (non-hydrogen) atoms. The summed E-state index contributed by atoms with van der Waals surface area (Å²) in [5.41, 5.74) is -0.882. The van der Waals surface area contributed by atoms with Gasteiger partial charge in [0.15, 0.2) is 11.5 Å². The summed E-state index contributed by atoms with van der Waals surface area (Å²) in [5, 5.41) is 14.7. The van der Waals surface area contributed by atoms with E-state index >= 15 is 0 Å². The lowest BCUT2D eigenvalue weighted by Gasteiger charge is -2.16. The molecule has 146 valence electrons. The van der Waals surface area contributed by atoms with Crippen LogP contribution in [0.25, 0.3) is 0 Å². The number of ether oxygens (including phenoxy) is 2. The molecule has 2 amide bonds. The maximum Gasteiger partial charge on any atom is 0.418 e. The minimum Gasteiger partial charge on any atom is -0.493 e. The third-order valence-corrected chi connectivity index (χ3v) is 3.73. The van der Waals surface area contributed by atoms with Crippen molar-refractivity contribution in [3.63, 3.8) is 0 Å². The quantitative estimate of drug-likeness (QED) is 0.711. The first-order chi connectivity index (χ1) is 12.8. The van der Waals surface area contributed by atoms with Crippen LogP contribution in [0.2, 0.25) is 0 Å². The Balaban J connectivity index is 2.00. The van der Waals surface area contributed by atoms with Crippen LogP contribution in [-0.2, 0) is 6.18 Å². The molecule has 0 saturated heterocycles. The summed E-state index contributed by atoms with van der Waals surface area (Å²) in [6.07, 6.45) is -5.68. The second-order valence-electron chi connectivity index (χ2n) is 5.51. The average Bonchev–Trinajstić information content (AvgIpc) is 2.65. The number of aliphatic hydroxyl groups excluding tert-OH is 1.